The Morgan fingerprint density at radius 2 is 1.94 bits per heavy atom. The molecule has 0 bridgehead atoms. The molecule has 0 radical (unpaired) electrons. The Kier molecular flexibility index (Phi) is 4.49. The molecule has 3 nitrogen and oxygen atoms in total. The Hall–Kier alpha value is -0.770. The van der Waals surface area contributed by atoms with Gasteiger partial charge in [0.05, 0.1) is 15.6 Å². The fourth-order valence-electron chi connectivity index (χ4n) is 1.95. The average Bonchev–Trinajstić information content (AvgIpc) is 2.35. The van der Waals surface area contributed by atoms with Crippen LogP contribution in [0.2, 0.25) is 10.0 Å². The van der Waals surface area contributed by atoms with Crippen LogP contribution in [-0.2, 0) is 4.74 Å². The second-order valence-electron chi connectivity index (χ2n) is 4.54. The van der Waals surface area contributed by atoms with Crippen molar-refractivity contribution in [3.8, 4) is 0 Å². The highest BCUT2D eigenvalue weighted by molar-refractivity contribution is 6.42. The van der Waals surface area contributed by atoms with Crippen LogP contribution in [0.5, 0.6) is 0 Å². The monoisotopic (exact) mass is 287 g/mol. The highest BCUT2D eigenvalue weighted by Crippen LogP contribution is 2.23. The summed E-state index contributed by atoms with van der Waals surface area (Å²) in [5, 5.41) is 0.807. The number of halogens is 2. The third kappa shape index (κ3) is 3.37. The largest absolute Gasteiger partial charge is 0.459 e. The lowest BCUT2D eigenvalue weighted by Crippen LogP contribution is -2.35. The van der Waals surface area contributed by atoms with E-state index in [0.717, 1.165) is 25.9 Å². The first-order valence-electron chi connectivity index (χ1n) is 5.91. The normalized spacial score (nSPS) is 17.7. The van der Waals surface area contributed by atoms with Crippen molar-refractivity contribution in [2.24, 2.45) is 0 Å². The van der Waals surface area contributed by atoms with E-state index in [0.29, 0.717) is 15.6 Å². The van der Waals surface area contributed by atoms with E-state index in [2.05, 4.69) is 11.9 Å². The smallest absolute Gasteiger partial charge is 0.338 e. The van der Waals surface area contributed by atoms with Crippen molar-refractivity contribution in [2.75, 3.05) is 20.1 Å². The molecule has 1 aromatic carbocycles. The molecule has 0 spiro atoms. The molecule has 1 aliphatic heterocycles. The van der Waals surface area contributed by atoms with Gasteiger partial charge in [-0.1, -0.05) is 23.2 Å². The minimum Gasteiger partial charge on any atom is -0.459 e. The van der Waals surface area contributed by atoms with Crippen molar-refractivity contribution in [3.63, 3.8) is 0 Å². The van der Waals surface area contributed by atoms with Crippen molar-refractivity contribution in [1.29, 1.82) is 0 Å². The third-order valence-corrected chi connectivity index (χ3v) is 3.83. The Morgan fingerprint density at radius 1 is 1.28 bits per heavy atom. The number of esters is 1. The van der Waals surface area contributed by atoms with Crippen molar-refractivity contribution in [1.82, 2.24) is 4.90 Å². The van der Waals surface area contributed by atoms with Crippen molar-refractivity contribution < 1.29 is 9.53 Å². The first-order chi connectivity index (χ1) is 8.56. The second kappa shape index (κ2) is 5.91. The number of benzene rings is 1. The van der Waals surface area contributed by atoms with Crippen LogP contribution >= 0.6 is 23.2 Å². The van der Waals surface area contributed by atoms with E-state index >= 15 is 0 Å². The van der Waals surface area contributed by atoms with Crippen LogP contribution in [0.3, 0.4) is 0 Å². The van der Waals surface area contributed by atoms with Crippen LogP contribution in [0, 0.1) is 0 Å². The summed E-state index contributed by atoms with van der Waals surface area (Å²) in [4.78, 5) is 14.1. The molecule has 1 aromatic rings. The molecule has 18 heavy (non-hydrogen) atoms. The van der Waals surface area contributed by atoms with Crippen LogP contribution in [0.1, 0.15) is 23.2 Å². The molecule has 0 saturated carbocycles. The summed E-state index contributed by atoms with van der Waals surface area (Å²) in [7, 11) is 2.07. The van der Waals surface area contributed by atoms with E-state index in [-0.39, 0.29) is 12.1 Å². The summed E-state index contributed by atoms with van der Waals surface area (Å²) < 4.78 is 5.45. The molecule has 0 atom stereocenters. The topological polar surface area (TPSA) is 29.5 Å². The van der Waals surface area contributed by atoms with Crippen molar-refractivity contribution >= 4 is 29.2 Å². The van der Waals surface area contributed by atoms with Crippen LogP contribution in [0.4, 0.5) is 0 Å². The van der Waals surface area contributed by atoms with E-state index in [1.807, 2.05) is 0 Å². The molecule has 0 amide bonds. The van der Waals surface area contributed by atoms with Gasteiger partial charge in [-0.25, -0.2) is 4.79 Å². The zero-order chi connectivity index (χ0) is 13.1. The molecular formula is C13H15Cl2NO2. The minimum atomic E-state index is -0.330. The Balaban J connectivity index is 1.97. The molecule has 2 rings (SSSR count). The summed E-state index contributed by atoms with van der Waals surface area (Å²) in [5.74, 6) is -0.330. The van der Waals surface area contributed by atoms with Crippen molar-refractivity contribution in [2.45, 2.75) is 18.9 Å². The summed E-state index contributed by atoms with van der Waals surface area (Å²) >= 11 is 11.7. The first kappa shape index (κ1) is 13.7. The number of piperidine rings is 1. The van der Waals surface area contributed by atoms with Crippen LogP contribution in [0.25, 0.3) is 0 Å². The van der Waals surface area contributed by atoms with Gasteiger partial charge in [0.25, 0.3) is 0 Å². The third-order valence-electron chi connectivity index (χ3n) is 3.09. The van der Waals surface area contributed by atoms with Gasteiger partial charge in [0.1, 0.15) is 6.10 Å². The second-order valence-corrected chi connectivity index (χ2v) is 5.35. The molecule has 1 heterocycles. The zero-order valence-electron chi connectivity index (χ0n) is 10.2. The van der Waals surface area contributed by atoms with Crippen LogP contribution in [-0.4, -0.2) is 37.1 Å². The van der Waals surface area contributed by atoms with Gasteiger partial charge >= 0.3 is 5.97 Å². The maximum atomic E-state index is 11.9. The molecule has 1 saturated heterocycles. The van der Waals surface area contributed by atoms with E-state index in [4.69, 9.17) is 27.9 Å². The first-order valence-corrected chi connectivity index (χ1v) is 6.66. The number of hydrogen-bond acceptors (Lipinski definition) is 3. The highest BCUT2D eigenvalue weighted by atomic mass is 35.5. The molecule has 1 fully saturated rings. The maximum absolute atomic E-state index is 11.9. The number of hydrogen-bond donors (Lipinski definition) is 0. The van der Waals surface area contributed by atoms with Crippen LogP contribution < -0.4 is 0 Å². The van der Waals surface area contributed by atoms with E-state index in [9.17, 15) is 4.79 Å². The fraction of sp³-hybridized carbons (Fsp3) is 0.462. The fourth-order valence-corrected chi connectivity index (χ4v) is 2.24. The molecule has 0 unspecified atom stereocenters. The molecule has 5 heteroatoms. The summed E-state index contributed by atoms with van der Waals surface area (Å²) in [6, 6.07) is 4.78. The van der Waals surface area contributed by atoms with Gasteiger partial charge < -0.3 is 9.64 Å². The van der Waals surface area contributed by atoms with Crippen LogP contribution in [0.15, 0.2) is 18.2 Å². The predicted molar refractivity (Wildman–Crippen MR) is 72.4 cm³/mol. The zero-order valence-corrected chi connectivity index (χ0v) is 11.7. The molecular weight excluding hydrogens is 273 g/mol. The quantitative estimate of drug-likeness (QED) is 0.782. The number of ether oxygens (including phenoxy) is 1. The average molecular weight is 288 g/mol. The maximum Gasteiger partial charge on any atom is 0.338 e. The Bertz CT molecular complexity index is 443. The lowest BCUT2D eigenvalue weighted by molar-refractivity contribution is 0.0139. The van der Waals surface area contributed by atoms with E-state index in [1.54, 1.807) is 18.2 Å². The van der Waals surface area contributed by atoms with E-state index in [1.165, 1.54) is 0 Å². The predicted octanol–water partition coefficient (Wildman–Crippen LogP) is 3.24. The molecule has 0 aromatic heterocycles. The Morgan fingerprint density at radius 3 is 2.56 bits per heavy atom. The number of nitrogens with zero attached hydrogens (tertiary/aromatic N) is 1. The van der Waals surface area contributed by atoms with Gasteiger partial charge in [-0.2, -0.15) is 0 Å². The Labute approximate surface area is 117 Å². The summed E-state index contributed by atoms with van der Waals surface area (Å²) in [5.41, 5.74) is 0.448. The van der Waals surface area contributed by atoms with E-state index < -0.39 is 0 Å². The van der Waals surface area contributed by atoms with Gasteiger partial charge in [-0.15, -0.1) is 0 Å². The molecule has 0 aliphatic carbocycles. The number of rotatable bonds is 2. The lowest BCUT2D eigenvalue weighted by atomic mass is 10.1. The van der Waals surface area contributed by atoms with Gasteiger partial charge in [-0.3, -0.25) is 0 Å². The van der Waals surface area contributed by atoms with Crippen molar-refractivity contribution in [3.05, 3.63) is 33.8 Å². The lowest BCUT2D eigenvalue weighted by Gasteiger charge is -2.28. The molecule has 0 N–H and O–H groups in total. The molecule has 1 aliphatic rings. The van der Waals surface area contributed by atoms with Gasteiger partial charge in [0.2, 0.25) is 0 Å². The standard InChI is InChI=1S/C13H15Cl2NO2/c1-16-6-4-10(5-7-16)18-13(17)9-2-3-11(14)12(15)8-9/h2-3,8,10H,4-7H2,1H3. The molecule has 98 valence electrons. The summed E-state index contributed by atoms with van der Waals surface area (Å²) in [6.07, 6.45) is 1.76. The summed E-state index contributed by atoms with van der Waals surface area (Å²) in [6.45, 7) is 1.92. The minimum absolute atomic E-state index is 0.00292. The van der Waals surface area contributed by atoms with Gasteiger partial charge in [0, 0.05) is 13.1 Å². The highest BCUT2D eigenvalue weighted by Gasteiger charge is 2.21. The number of likely N-dealkylation sites (tertiary alicyclic amines) is 1. The SMILES string of the molecule is CN1CCC(OC(=O)c2ccc(Cl)c(Cl)c2)CC1. The van der Waals surface area contributed by atoms with Gasteiger partial charge in [-0.05, 0) is 38.1 Å². The van der Waals surface area contributed by atoms with Gasteiger partial charge in [0.15, 0.2) is 0 Å². The number of carbonyl (C=O) groups excluding carboxylic acids is 1. The number of carbonyl (C=O) groups is 1.